The van der Waals surface area contributed by atoms with Gasteiger partial charge in [0.25, 0.3) is 5.91 Å². The van der Waals surface area contributed by atoms with Gasteiger partial charge < -0.3 is 14.7 Å². The van der Waals surface area contributed by atoms with Gasteiger partial charge >= 0.3 is 0 Å². The second-order valence-corrected chi connectivity index (χ2v) is 6.24. The lowest BCUT2D eigenvalue weighted by Gasteiger charge is -2.35. The first kappa shape index (κ1) is 16.3. The third-order valence-electron chi connectivity index (χ3n) is 4.00. The molecule has 1 aliphatic heterocycles. The van der Waals surface area contributed by atoms with Gasteiger partial charge in [-0.1, -0.05) is 0 Å². The monoisotopic (exact) mass is 302 g/mol. The normalized spacial score (nSPS) is 19.6. The van der Waals surface area contributed by atoms with Gasteiger partial charge in [-0.3, -0.25) is 4.79 Å². The summed E-state index contributed by atoms with van der Waals surface area (Å²) in [7, 11) is 0. The first-order valence-corrected chi connectivity index (χ1v) is 7.52. The summed E-state index contributed by atoms with van der Waals surface area (Å²) in [5.74, 6) is 0.438. The van der Waals surface area contributed by atoms with Gasteiger partial charge in [0.15, 0.2) is 6.10 Å². The largest absolute Gasteiger partial charge is 0.481 e. The minimum absolute atomic E-state index is 0.117. The molecule has 0 radical (unpaired) electrons. The predicted octanol–water partition coefficient (Wildman–Crippen LogP) is 2.09. The second kappa shape index (κ2) is 6.37. The van der Waals surface area contributed by atoms with E-state index in [2.05, 4.69) is 0 Å². The summed E-state index contributed by atoms with van der Waals surface area (Å²) in [4.78, 5) is 14.3. The minimum Gasteiger partial charge on any atom is -0.481 e. The molecule has 1 N–H and O–H groups in total. The second-order valence-electron chi connectivity index (χ2n) is 6.24. The number of likely N-dealkylation sites (tertiary alicyclic amines) is 1. The molecule has 1 fully saturated rings. The summed E-state index contributed by atoms with van der Waals surface area (Å²) in [6.45, 7) is 5.82. The van der Waals surface area contributed by atoms with Crippen LogP contribution in [0.3, 0.4) is 0 Å². The van der Waals surface area contributed by atoms with E-state index in [0.29, 0.717) is 17.9 Å². The molecule has 5 nitrogen and oxygen atoms in total. The molecule has 2 unspecified atom stereocenters. The summed E-state index contributed by atoms with van der Waals surface area (Å²) in [5, 5.41) is 19.0. The smallest absolute Gasteiger partial charge is 0.263 e. The number of hydrogen-bond donors (Lipinski definition) is 1. The van der Waals surface area contributed by atoms with Crippen molar-refractivity contribution in [1.29, 1.82) is 5.26 Å². The fourth-order valence-corrected chi connectivity index (χ4v) is 2.86. The molecule has 0 spiro atoms. The first-order chi connectivity index (χ1) is 10.3. The number of amides is 1. The maximum Gasteiger partial charge on any atom is 0.263 e. The lowest BCUT2D eigenvalue weighted by Crippen LogP contribution is -2.51. The number of aliphatic hydroxyl groups is 1. The molecule has 2 rings (SSSR count). The Morgan fingerprint density at radius 2 is 2.09 bits per heavy atom. The van der Waals surface area contributed by atoms with E-state index < -0.39 is 11.7 Å². The number of nitriles is 1. The molecule has 22 heavy (non-hydrogen) atoms. The molecule has 118 valence electrons. The van der Waals surface area contributed by atoms with E-state index in [1.807, 2.05) is 6.07 Å². The molecule has 1 saturated heterocycles. The van der Waals surface area contributed by atoms with Crippen LogP contribution in [-0.2, 0) is 4.79 Å². The molecular weight excluding hydrogens is 280 g/mol. The van der Waals surface area contributed by atoms with Gasteiger partial charge in [0.2, 0.25) is 0 Å². The summed E-state index contributed by atoms with van der Waals surface area (Å²) in [5.41, 5.74) is -0.367. The van der Waals surface area contributed by atoms with Crippen molar-refractivity contribution in [2.45, 2.75) is 51.4 Å². The van der Waals surface area contributed by atoms with Crippen LogP contribution < -0.4 is 4.74 Å². The van der Waals surface area contributed by atoms with Gasteiger partial charge in [0.05, 0.1) is 23.3 Å². The van der Waals surface area contributed by atoms with Crippen molar-refractivity contribution < 1.29 is 14.6 Å². The average Bonchev–Trinajstić information content (AvgIpc) is 2.96. The summed E-state index contributed by atoms with van der Waals surface area (Å²) in [6, 6.07) is 8.54. The molecular formula is C17H22N2O3. The number of rotatable bonds is 4. The number of benzene rings is 1. The van der Waals surface area contributed by atoms with Crippen LogP contribution in [0.1, 0.15) is 39.2 Å². The molecule has 0 aliphatic carbocycles. The highest BCUT2D eigenvalue weighted by atomic mass is 16.5. The van der Waals surface area contributed by atoms with Crippen LogP contribution in [0, 0.1) is 11.3 Å². The topological polar surface area (TPSA) is 73.6 Å². The summed E-state index contributed by atoms with van der Waals surface area (Å²) >= 11 is 0. The van der Waals surface area contributed by atoms with Crippen LogP contribution in [0.25, 0.3) is 0 Å². The number of hydrogen-bond acceptors (Lipinski definition) is 4. The molecule has 1 aromatic carbocycles. The van der Waals surface area contributed by atoms with E-state index in [0.717, 1.165) is 12.8 Å². The lowest BCUT2D eigenvalue weighted by atomic mass is 9.96. The first-order valence-electron chi connectivity index (χ1n) is 7.52. The molecule has 0 aromatic heterocycles. The fourth-order valence-electron chi connectivity index (χ4n) is 2.86. The summed E-state index contributed by atoms with van der Waals surface area (Å²) < 4.78 is 5.67. The highest BCUT2D eigenvalue weighted by molar-refractivity contribution is 5.81. The molecule has 0 saturated carbocycles. The van der Waals surface area contributed by atoms with Crippen LogP contribution in [0.4, 0.5) is 0 Å². The Morgan fingerprint density at radius 1 is 1.45 bits per heavy atom. The van der Waals surface area contributed by atoms with E-state index in [-0.39, 0.29) is 11.9 Å². The van der Waals surface area contributed by atoms with Crippen molar-refractivity contribution in [2.24, 2.45) is 0 Å². The number of ether oxygens (including phenoxy) is 1. The van der Waals surface area contributed by atoms with Crippen LogP contribution in [0.5, 0.6) is 5.75 Å². The molecule has 0 bridgehead atoms. The van der Waals surface area contributed by atoms with Gasteiger partial charge in [-0.2, -0.15) is 5.26 Å². The molecule has 1 aliphatic rings. The van der Waals surface area contributed by atoms with Gasteiger partial charge in [0, 0.05) is 6.54 Å². The van der Waals surface area contributed by atoms with Gasteiger partial charge in [0.1, 0.15) is 5.75 Å². The average molecular weight is 302 g/mol. The highest BCUT2D eigenvalue weighted by Crippen LogP contribution is 2.28. The van der Waals surface area contributed by atoms with Crippen molar-refractivity contribution >= 4 is 5.91 Å². The maximum absolute atomic E-state index is 12.6. The predicted molar refractivity (Wildman–Crippen MR) is 82.3 cm³/mol. The zero-order valence-corrected chi connectivity index (χ0v) is 13.2. The zero-order chi connectivity index (χ0) is 16.3. The Morgan fingerprint density at radius 3 is 2.64 bits per heavy atom. The minimum atomic E-state index is -0.916. The molecule has 1 heterocycles. The van der Waals surface area contributed by atoms with Crippen LogP contribution >= 0.6 is 0 Å². The third-order valence-corrected chi connectivity index (χ3v) is 4.00. The Kier molecular flexibility index (Phi) is 4.72. The van der Waals surface area contributed by atoms with E-state index in [1.165, 1.54) is 0 Å². The van der Waals surface area contributed by atoms with E-state index in [9.17, 15) is 9.90 Å². The van der Waals surface area contributed by atoms with Crippen molar-refractivity contribution in [3.63, 3.8) is 0 Å². The molecule has 1 amide bonds. The highest BCUT2D eigenvalue weighted by Gasteiger charge is 2.40. The fraction of sp³-hybridized carbons (Fsp3) is 0.529. The zero-order valence-electron chi connectivity index (χ0n) is 13.2. The van der Waals surface area contributed by atoms with Crippen molar-refractivity contribution in [3.8, 4) is 11.8 Å². The van der Waals surface area contributed by atoms with Gasteiger partial charge in [-0.05, 0) is 57.9 Å². The lowest BCUT2D eigenvalue weighted by molar-refractivity contribution is -0.143. The Hall–Kier alpha value is -2.06. The van der Waals surface area contributed by atoms with E-state index >= 15 is 0 Å². The third kappa shape index (κ3) is 3.58. The maximum atomic E-state index is 12.6. The standard InChI is InChI=1S/C17H22N2O3/c1-12(22-14-8-6-13(11-18)7-9-14)16(20)19-10-4-5-15(19)17(2,3)21/h6-9,12,15,21H,4-5,10H2,1-3H3. The van der Waals surface area contributed by atoms with Crippen LogP contribution in [-0.4, -0.2) is 40.2 Å². The Bertz CT molecular complexity index is 569. The quantitative estimate of drug-likeness (QED) is 0.924. The summed E-state index contributed by atoms with van der Waals surface area (Å²) in [6.07, 6.45) is 1.07. The molecule has 2 atom stereocenters. The van der Waals surface area contributed by atoms with Gasteiger partial charge in [-0.25, -0.2) is 0 Å². The molecule has 1 aromatic rings. The number of carbonyl (C=O) groups is 1. The van der Waals surface area contributed by atoms with Crippen LogP contribution in [0.2, 0.25) is 0 Å². The van der Waals surface area contributed by atoms with Crippen LogP contribution in [0.15, 0.2) is 24.3 Å². The van der Waals surface area contributed by atoms with E-state index in [4.69, 9.17) is 10.00 Å². The number of nitrogens with zero attached hydrogens (tertiary/aromatic N) is 2. The van der Waals surface area contributed by atoms with E-state index in [1.54, 1.807) is 49.9 Å². The number of carbonyl (C=O) groups excluding carboxylic acids is 1. The van der Waals surface area contributed by atoms with Crippen molar-refractivity contribution in [3.05, 3.63) is 29.8 Å². The SMILES string of the molecule is CC(Oc1ccc(C#N)cc1)C(=O)N1CCCC1C(C)(C)O. The van der Waals surface area contributed by atoms with Crippen molar-refractivity contribution in [1.82, 2.24) is 4.90 Å². The molecule has 5 heteroatoms. The Balaban J connectivity index is 2.04. The van der Waals surface area contributed by atoms with Gasteiger partial charge in [-0.15, -0.1) is 0 Å². The Labute approximate surface area is 131 Å². The van der Waals surface area contributed by atoms with Crippen molar-refractivity contribution in [2.75, 3.05) is 6.54 Å².